The minimum Gasteiger partial charge on any atom is -0.485 e. The molecule has 0 radical (unpaired) electrons. The van der Waals surface area contributed by atoms with E-state index >= 15 is 0 Å². The van der Waals surface area contributed by atoms with Crippen molar-refractivity contribution in [3.63, 3.8) is 0 Å². The van der Waals surface area contributed by atoms with Gasteiger partial charge in [0.25, 0.3) is 0 Å². The molecule has 2 aromatic carbocycles. The Morgan fingerprint density at radius 1 is 1.14 bits per heavy atom. The summed E-state index contributed by atoms with van der Waals surface area (Å²) in [6, 6.07) is 14.8. The van der Waals surface area contributed by atoms with Gasteiger partial charge in [0.1, 0.15) is 5.75 Å². The monoisotopic (exact) mass is 299 g/mol. The Labute approximate surface area is 127 Å². The van der Waals surface area contributed by atoms with Crippen molar-refractivity contribution < 1.29 is 9.53 Å². The SMILES string of the molecule is Cn1cc(C(=O)COc2ccc(Cl)cc2)c2ccccc21. The van der Waals surface area contributed by atoms with Crippen LogP contribution in [-0.4, -0.2) is 17.0 Å². The normalized spacial score (nSPS) is 10.8. The number of carbonyl (C=O) groups is 1. The Morgan fingerprint density at radius 2 is 1.86 bits per heavy atom. The molecular formula is C17H14ClNO2. The van der Waals surface area contributed by atoms with Gasteiger partial charge in [-0.3, -0.25) is 4.79 Å². The topological polar surface area (TPSA) is 31.2 Å². The quantitative estimate of drug-likeness (QED) is 0.679. The van der Waals surface area contributed by atoms with E-state index in [1.807, 2.05) is 42.1 Å². The van der Waals surface area contributed by atoms with Crippen molar-refractivity contribution >= 4 is 28.3 Å². The first-order valence-corrected chi connectivity index (χ1v) is 6.98. The number of aromatic nitrogens is 1. The van der Waals surface area contributed by atoms with Crippen molar-refractivity contribution in [2.75, 3.05) is 6.61 Å². The molecule has 0 amide bonds. The highest BCUT2D eigenvalue weighted by molar-refractivity contribution is 6.30. The molecule has 0 aliphatic rings. The Balaban J connectivity index is 1.79. The molecule has 0 aliphatic carbocycles. The molecule has 0 atom stereocenters. The van der Waals surface area contributed by atoms with Gasteiger partial charge in [-0.2, -0.15) is 0 Å². The van der Waals surface area contributed by atoms with Gasteiger partial charge in [-0.05, 0) is 30.3 Å². The number of ether oxygens (including phenoxy) is 1. The second-order valence-electron chi connectivity index (χ2n) is 4.84. The van der Waals surface area contributed by atoms with Crippen LogP contribution in [0.4, 0.5) is 0 Å². The van der Waals surface area contributed by atoms with E-state index in [-0.39, 0.29) is 12.4 Å². The maximum atomic E-state index is 12.3. The van der Waals surface area contributed by atoms with Crippen molar-refractivity contribution in [1.82, 2.24) is 4.57 Å². The predicted molar refractivity (Wildman–Crippen MR) is 84.2 cm³/mol. The summed E-state index contributed by atoms with van der Waals surface area (Å²) in [6.45, 7) is 0.00956. The number of rotatable bonds is 4. The van der Waals surface area contributed by atoms with E-state index in [9.17, 15) is 4.79 Å². The van der Waals surface area contributed by atoms with Crippen LogP contribution in [0, 0.1) is 0 Å². The lowest BCUT2D eigenvalue weighted by Crippen LogP contribution is -2.11. The summed E-state index contributed by atoms with van der Waals surface area (Å²) in [4.78, 5) is 12.3. The summed E-state index contributed by atoms with van der Waals surface area (Å²) >= 11 is 5.81. The molecule has 3 rings (SSSR count). The van der Waals surface area contributed by atoms with Crippen molar-refractivity contribution in [2.45, 2.75) is 0 Å². The van der Waals surface area contributed by atoms with Crippen molar-refractivity contribution in [3.05, 3.63) is 65.3 Å². The van der Waals surface area contributed by atoms with Crippen LogP contribution >= 0.6 is 11.6 Å². The number of hydrogen-bond donors (Lipinski definition) is 0. The van der Waals surface area contributed by atoms with E-state index in [0.29, 0.717) is 16.3 Å². The minimum atomic E-state index is -0.0400. The summed E-state index contributed by atoms with van der Waals surface area (Å²) in [7, 11) is 1.93. The van der Waals surface area contributed by atoms with Gasteiger partial charge in [0.2, 0.25) is 5.78 Å². The molecule has 0 aliphatic heterocycles. The van der Waals surface area contributed by atoms with Crippen molar-refractivity contribution in [2.24, 2.45) is 7.05 Å². The zero-order valence-electron chi connectivity index (χ0n) is 11.5. The summed E-state index contributed by atoms with van der Waals surface area (Å²) in [5.41, 5.74) is 1.72. The van der Waals surface area contributed by atoms with E-state index in [1.165, 1.54) is 0 Å². The van der Waals surface area contributed by atoms with Gasteiger partial charge in [0.05, 0.1) is 0 Å². The standard InChI is InChI=1S/C17H14ClNO2/c1-19-10-15(14-4-2-3-5-16(14)19)17(20)11-21-13-8-6-12(18)7-9-13/h2-10H,11H2,1H3. The number of Topliss-reactive ketones (excluding diaryl/α,β-unsaturated/α-hetero) is 1. The summed E-state index contributed by atoms with van der Waals surface area (Å²) in [6.07, 6.45) is 1.85. The molecule has 1 aromatic heterocycles. The molecule has 0 saturated heterocycles. The third-order valence-corrected chi connectivity index (χ3v) is 3.63. The Kier molecular flexibility index (Phi) is 3.67. The Hall–Kier alpha value is -2.26. The molecule has 21 heavy (non-hydrogen) atoms. The fraction of sp³-hybridized carbons (Fsp3) is 0.118. The van der Waals surface area contributed by atoms with Gasteiger partial charge in [-0.1, -0.05) is 29.8 Å². The zero-order chi connectivity index (χ0) is 14.8. The number of nitrogens with zero attached hydrogens (tertiary/aromatic N) is 1. The zero-order valence-corrected chi connectivity index (χ0v) is 12.3. The van der Waals surface area contributed by atoms with E-state index in [2.05, 4.69) is 0 Å². The van der Waals surface area contributed by atoms with Gasteiger partial charge >= 0.3 is 0 Å². The lowest BCUT2D eigenvalue weighted by molar-refractivity contribution is 0.0923. The highest BCUT2D eigenvalue weighted by Crippen LogP contribution is 2.21. The van der Waals surface area contributed by atoms with Gasteiger partial charge in [-0.15, -0.1) is 0 Å². The van der Waals surface area contributed by atoms with E-state index in [0.717, 1.165) is 10.9 Å². The van der Waals surface area contributed by atoms with E-state index in [4.69, 9.17) is 16.3 Å². The first kappa shape index (κ1) is 13.7. The average molecular weight is 300 g/mol. The summed E-state index contributed by atoms with van der Waals surface area (Å²) < 4.78 is 7.47. The summed E-state index contributed by atoms with van der Waals surface area (Å²) in [5, 5.41) is 1.59. The lowest BCUT2D eigenvalue weighted by Gasteiger charge is -2.05. The second-order valence-corrected chi connectivity index (χ2v) is 5.27. The number of carbonyl (C=O) groups excluding carboxylic acids is 1. The van der Waals surface area contributed by atoms with Crippen LogP contribution in [0.25, 0.3) is 10.9 Å². The van der Waals surface area contributed by atoms with E-state index < -0.39 is 0 Å². The number of para-hydroxylation sites is 1. The smallest absolute Gasteiger partial charge is 0.202 e. The molecule has 0 fully saturated rings. The van der Waals surface area contributed by atoms with Crippen LogP contribution in [0.3, 0.4) is 0 Å². The lowest BCUT2D eigenvalue weighted by atomic mass is 10.1. The molecule has 3 nitrogen and oxygen atoms in total. The molecule has 3 aromatic rings. The van der Waals surface area contributed by atoms with Crippen LogP contribution < -0.4 is 4.74 Å². The molecule has 0 N–H and O–H groups in total. The van der Waals surface area contributed by atoms with Gasteiger partial charge < -0.3 is 9.30 Å². The van der Waals surface area contributed by atoms with Crippen LogP contribution in [0.5, 0.6) is 5.75 Å². The number of benzene rings is 2. The average Bonchev–Trinajstić information content (AvgIpc) is 2.84. The number of hydrogen-bond acceptors (Lipinski definition) is 2. The second kappa shape index (κ2) is 5.62. The molecule has 1 heterocycles. The summed E-state index contributed by atoms with van der Waals surface area (Å²) in [5.74, 6) is 0.592. The molecular weight excluding hydrogens is 286 g/mol. The largest absolute Gasteiger partial charge is 0.485 e. The fourth-order valence-electron chi connectivity index (χ4n) is 2.32. The number of ketones is 1. The first-order chi connectivity index (χ1) is 10.1. The van der Waals surface area contributed by atoms with Crippen LogP contribution in [-0.2, 0) is 7.05 Å². The molecule has 0 unspecified atom stereocenters. The van der Waals surface area contributed by atoms with Gasteiger partial charge in [0, 0.05) is 34.7 Å². The first-order valence-electron chi connectivity index (χ1n) is 6.61. The van der Waals surface area contributed by atoms with Crippen molar-refractivity contribution in [1.29, 1.82) is 0 Å². The van der Waals surface area contributed by atoms with Crippen LogP contribution in [0.15, 0.2) is 54.7 Å². The Morgan fingerprint density at radius 3 is 2.62 bits per heavy atom. The number of halogens is 1. The Bertz CT molecular complexity index is 790. The molecule has 106 valence electrons. The van der Waals surface area contributed by atoms with Crippen LogP contribution in [0.2, 0.25) is 5.02 Å². The maximum Gasteiger partial charge on any atom is 0.202 e. The highest BCUT2D eigenvalue weighted by Gasteiger charge is 2.14. The van der Waals surface area contributed by atoms with Gasteiger partial charge in [-0.25, -0.2) is 0 Å². The number of fused-ring (bicyclic) bond motifs is 1. The fourth-order valence-corrected chi connectivity index (χ4v) is 2.45. The highest BCUT2D eigenvalue weighted by atomic mass is 35.5. The van der Waals surface area contributed by atoms with Crippen LogP contribution in [0.1, 0.15) is 10.4 Å². The van der Waals surface area contributed by atoms with E-state index in [1.54, 1.807) is 24.3 Å². The predicted octanol–water partition coefficient (Wildman–Crippen LogP) is 4.09. The molecule has 0 spiro atoms. The minimum absolute atomic E-state index is 0.00956. The number of aryl methyl sites for hydroxylation is 1. The van der Waals surface area contributed by atoms with Gasteiger partial charge in [0.15, 0.2) is 6.61 Å². The maximum absolute atomic E-state index is 12.3. The molecule has 0 saturated carbocycles. The third-order valence-electron chi connectivity index (χ3n) is 3.38. The van der Waals surface area contributed by atoms with Crippen molar-refractivity contribution in [3.8, 4) is 5.75 Å². The molecule has 4 heteroatoms. The molecule has 0 bridgehead atoms. The third kappa shape index (κ3) is 2.78.